The van der Waals surface area contributed by atoms with Crippen LogP contribution in [0.5, 0.6) is 0 Å². The van der Waals surface area contributed by atoms with Gasteiger partial charge in [-0.15, -0.1) is 0 Å². The van der Waals surface area contributed by atoms with Gasteiger partial charge in [-0.1, -0.05) is 32.6 Å². The van der Waals surface area contributed by atoms with Crippen molar-refractivity contribution in [2.45, 2.75) is 76.4 Å². The molecule has 1 N–H and O–H groups in total. The summed E-state index contributed by atoms with van der Waals surface area (Å²) >= 11 is 0. The summed E-state index contributed by atoms with van der Waals surface area (Å²) in [6, 6.07) is 6.56. The number of hydrogen-bond acceptors (Lipinski definition) is 4. The van der Waals surface area contributed by atoms with Crippen LogP contribution in [-0.2, 0) is 4.79 Å². The monoisotopic (exact) mass is 409 g/mol. The number of pyridine rings is 1. The number of hydrogen-bond donors (Lipinski definition) is 1. The standard InChI is InChI=1S/C24H31N3O3/c1-17-7-2-5-10-20(17)27(24(29)21-11-6-16-30-21)22(18-12-14-25-15-13-18)23(28)26-19-8-3-4-9-19/h6,11-17,19-20,22H,2-5,7-10H2,1H3,(H,26,28)/t17-,20+,22+/m1/s1. The highest BCUT2D eigenvalue weighted by atomic mass is 16.3. The van der Waals surface area contributed by atoms with Crippen molar-refractivity contribution in [2.75, 3.05) is 0 Å². The molecular formula is C24H31N3O3. The van der Waals surface area contributed by atoms with E-state index in [0.29, 0.717) is 5.92 Å². The maximum Gasteiger partial charge on any atom is 0.290 e. The van der Waals surface area contributed by atoms with Gasteiger partial charge >= 0.3 is 0 Å². The van der Waals surface area contributed by atoms with Crippen LogP contribution in [0.25, 0.3) is 0 Å². The summed E-state index contributed by atoms with van der Waals surface area (Å²) in [5.74, 6) is 0.273. The molecule has 3 atom stereocenters. The average molecular weight is 410 g/mol. The molecule has 0 saturated heterocycles. The van der Waals surface area contributed by atoms with E-state index < -0.39 is 6.04 Å². The Hall–Kier alpha value is -2.63. The molecule has 2 aliphatic rings. The van der Waals surface area contributed by atoms with E-state index in [1.807, 2.05) is 12.1 Å². The maximum absolute atomic E-state index is 13.6. The molecule has 0 aromatic carbocycles. The second-order valence-corrected chi connectivity index (χ2v) is 8.69. The fourth-order valence-corrected chi connectivity index (χ4v) is 5.03. The van der Waals surface area contributed by atoms with Crippen LogP contribution < -0.4 is 5.32 Å². The summed E-state index contributed by atoms with van der Waals surface area (Å²) in [5, 5.41) is 3.23. The summed E-state index contributed by atoms with van der Waals surface area (Å²) in [4.78, 5) is 33.2. The Balaban J connectivity index is 1.73. The number of rotatable bonds is 6. The van der Waals surface area contributed by atoms with Gasteiger partial charge < -0.3 is 14.6 Å². The molecule has 0 bridgehead atoms. The molecule has 0 spiro atoms. The number of amides is 2. The number of carbonyl (C=O) groups is 2. The number of nitrogens with zero attached hydrogens (tertiary/aromatic N) is 2. The third kappa shape index (κ3) is 4.42. The van der Waals surface area contributed by atoms with Crippen LogP contribution in [0.1, 0.15) is 80.5 Å². The fourth-order valence-electron chi connectivity index (χ4n) is 5.03. The molecule has 4 rings (SSSR count). The molecule has 2 heterocycles. The van der Waals surface area contributed by atoms with E-state index in [1.165, 1.54) is 6.26 Å². The normalized spacial score (nSPS) is 23.1. The van der Waals surface area contributed by atoms with Gasteiger partial charge in [0, 0.05) is 24.5 Å². The Morgan fingerprint density at radius 1 is 1.07 bits per heavy atom. The van der Waals surface area contributed by atoms with Gasteiger partial charge in [-0.2, -0.15) is 0 Å². The zero-order valence-corrected chi connectivity index (χ0v) is 17.6. The third-order valence-corrected chi connectivity index (χ3v) is 6.64. The first-order chi connectivity index (χ1) is 14.6. The van der Waals surface area contributed by atoms with Crippen molar-refractivity contribution < 1.29 is 14.0 Å². The van der Waals surface area contributed by atoms with Gasteiger partial charge in [-0.25, -0.2) is 0 Å². The highest BCUT2D eigenvalue weighted by Gasteiger charge is 2.41. The number of nitrogens with one attached hydrogen (secondary N) is 1. The largest absolute Gasteiger partial charge is 0.459 e. The molecule has 2 aliphatic carbocycles. The molecule has 2 aromatic heterocycles. The third-order valence-electron chi connectivity index (χ3n) is 6.64. The van der Waals surface area contributed by atoms with Crippen LogP contribution in [0.2, 0.25) is 0 Å². The lowest BCUT2D eigenvalue weighted by Gasteiger charge is -2.42. The van der Waals surface area contributed by atoms with Crippen molar-refractivity contribution in [1.82, 2.24) is 15.2 Å². The van der Waals surface area contributed by atoms with Crippen LogP contribution in [-0.4, -0.2) is 33.8 Å². The lowest BCUT2D eigenvalue weighted by atomic mass is 9.83. The van der Waals surface area contributed by atoms with Crippen LogP contribution in [0.4, 0.5) is 0 Å². The summed E-state index contributed by atoms with van der Waals surface area (Å²) in [5.41, 5.74) is 0.790. The second-order valence-electron chi connectivity index (χ2n) is 8.69. The van der Waals surface area contributed by atoms with Crippen LogP contribution in [0, 0.1) is 5.92 Å². The number of furan rings is 1. The smallest absolute Gasteiger partial charge is 0.290 e. The fraction of sp³-hybridized carbons (Fsp3) is 0.542. The molecule has 6 nitrogen and oxygen atoms in total. The molecule has 0 aliphatic heterocycles. The number of carbonyl (C=O) groups excluding carboxylic acids is 2. The van der Waals surface area contributed by atoms with Crippen molar-refractivity contribution in [3.63, 3.8) is 0 Å². The van der Waals surface area contributed by atoms with Crippen LogP contribution in [0.15, 0.2) is 47.3 Å². The molecule has 2 saturated carbocycles. The second kappa shape index (κ2) is 9.45. The van der Waals surface area contributed by atoms with E-state index in [9.17, 15) is 9.59 Å². The highest BCUT2D eigenvalue weighted by Crippen LogP contribution is 2.35. The van der Waals surface area contributed by atoms with Crippen molar-refractivity contribution >= 4 is 11.8 Å². The van der Waals surface area contributed by atoms with Crippen molar-refractivity contribution in [3.05, 3.63) is 54.2 Å². The first-order valence-electron chi connectivity index (χ1n) is 11.2. The van der Waals surface area contributed by atoms with Gasteiger partial charge in [0.15, 0.2) is 5.76 Å². The molecule has 2 amide bonds. The van der Waals surface area contributed by atoms with Gasteiger partial charge in [0.1, 0.15) is 6.04 Å². The first-order valence-corrected chi connectivity index (χ1v) is 11.2. The van der Waals surface area contributed by atoms with Gasteiger partial charge in [0.2, 0.25) is 5.91 Å². The van der Waals surface area contributed by atoms with E-state index in [-0.39, 0.29) is 29.7 Å². The van der Waals surface area contributed by atoms with E-state index in [1.54, 1.807) is 29.4 Å². The highest BCUT2D eigenvalue weighted by molar-refractivity contribution is 5.96. The van der Waals surface area contributed by atoms with Gasteiger partial charge in [-0.05, 0) is 61.4 Å². The molecule has 0 unspecified atom stereocenters. The molecule has 30 heavy (non-hydrogen) atoms. The minimum absolute atomic E-state index is 0.0103. The van der Waals surface area contributed by atoms with E-state index in [2.05, 4.69) is 17.2 Å². The molecule has 2 aromatic rings. The first kappa shape index (κ1) is 20.6. The molecule has 0 radical (unpaired) electrons. The zero-order chi connectivity index (χ0) is 20.9. The topological polar surface area (TPSA) is 75.4 Å². The van der Waals surface area contributed by atoms with Gasteiger partial charge in [-0.3, -0.25) is 14.6 Å². The Morgan fingerprint density at radius 2 is 1.77 bits per heavy atom. The Bertz CT molecular complexity index is 831. The maximum atomic E-state index is 13.6. The molecule has 2 fully saturated rings. The van der Waals surface area contributed by atoms with E-state index >= 15 is 0 Å². The summed E-state index contributed by atoms with van der Waals surface area (Å²) in [6.45, 7) is 2.19. The van der Waals surface area contributed by atoms with E-state index in [0.717, 1.165) is 56.9 Å². The minimum Gasteiger partial charge on any atom is -0.459 e. The van der Waals surface area contributed by atoms with E-state index in [4.69, 9.17) is 4.42 Å². The summed E-state index contributed by atoms with van der Waals surface area (Å²) in [7, 11) is 0. The summed E-state index contributed by atoms with van der Waals surface area (Å²) < 4.78 is 5.47. The lowest BCUT2D eigenvalue weighted by molar-refractivity contribution is -0.128. The zero-order valence-electron chi connectivity index (χ0n) is 17.6. The minimum atomic E-state index is -0.697. The molecular weight excluding hydrogens is 378 g/mol. The van der Waals surface area contributed by atoms with Crippen LogP contribution >= 0.6 is 0 Å². The Kier molecular flexibility index (Phi) is 6.50. The quantitative estimate of drug-likeness (QED) is 0.762. The Labute approximate surface area is 178 Å². The Morgan fingerprint density at radius 3 is 2.43 bits per heavy atom. The van der Waals surface area contributed by atoms with Gasteiger partial charge in [0.05, 0.1) is 6.26 Å². The SMILES string of the molecule is C[C@@H]1CCCC[C@@H]1N(C(=O)c1ccco1)[C@H](C(=O)NC1CCCC1)c1ccncc1. The van der Waals surface area contributed by atoms with Crippen molar-refractivity contribution in [3.8, 4) is 0 Å². The molecule has 160 valence electrons. The van der Waals surface area contributed by atoms with Crippen molar-refractivity contribution in [1.29, 1.82) is 0 Å². The predicted molar refractivity (Wildman–Crippen MR) is 114 cm³/mol. The predicted octanol–water partition coefficient (Wildman–Crippen LogP) is 4.50. The lowest BCUT2D eigenvalue weighted by Crippen LogP contribution is -2.52. The van der Waals surface area contributed by atoms with Crippen molar-refractivity contribution in [2.24, 2.45) is 5.92 Å². The average Bonchev–Trinajstić information content (AvgIpc) is 3.47. The van der Waals surface area contributed by atoms with Crippen LogP contribution in [0.3, 0.4) is 0 Å². The molecule has 6 heteroatoms. The summed E-state index contributed by atoms with van der Waals surface area (Å²) in [6.07, 6.45) is 13.3. The van der Waals surface area contributed by atoms with Gasteiger partial charge in [0.25, 0.3) is 5.91 Å². The number of aromatic nitrogens is 1.